The molecule has 0 aromatic heterocycles. The molecular weight excluding hydrogens is 411 g/mol. The van der Waals surface area contributed by atoms with Crippen molar-refractivity contribution in [3.63, 3.8) is 0 Å². The predicted molar refractivity (Wildman–Crippen MR) is 114 cm³/mol. The van der Waals surface area contributed by atoms with Gasteiger partial charge >= 0.3 is 6.03 Å². The number of nitrogens with zero attached hydrogens (tertiary/aromatic N) is 1. The highest BCUT2D eigenvalue weighted by Gasteiger charge is 2.34. The molecule has 0 saturated carbocycles. The maximum atomic E-state index is 12.3. The Balaban J connectivity index is 1.37. The summed E-state index contributed by atoms with van der Waals surface area (Å²) in [7, 11) is 0. The lowest BCUT2D eigenvalue weighted by atomic mass is 10.0. The molecule has 2 atom stereocenters. The van der Waals surface area contributed by atoms with E-state index in [2.05, 4.69) is 5.32 Å². The number of halogens is 2. The summed E-state index contributed by atoms with van der Waals surface area (Å²) in [4.78, 5) is 14.1. The van der Waals surface area contributed by atoms with Gasteiger partial charge in [-0.15, -0.1) is 0 Å². The van der Waals surface area contributed by atoms with Crippen LogP contribution in [0, 0.1) is 0 Å². The highest BCUT2D eigenvalue weighted by Crippen LogP contribution is 2.34. The fourth-order valence-corrected chi connectivity index (χ4v) is 4.02. The van der Waals surface area contributed by atoms with Gasteiger partial charge in [-0.05, 0) is 36.6 Å². The van der Waals surface area contributed by atoms with Crippen LogP contribution in [-0.4, -0.2) is 49.4 Å². The smallest absolute Gasteiger partial charge is 0.317 e. The zero-order valence-corrected chi connectivity index (χ0v) is 17.5. The number of carbonyl (C=O) groups is 1. The average Bonchev–Trinajstić information content (AvgIpc) is 3.21. The number of likely N-dealkylation sites (tertiary alicyclic amines) is 1. The van der Waals surface area contributed by atoms with Crippen LogP contribution in [-0.2, 0) is 9.47 Å². The molecule has 5 nitrogen and oxygen atoms in total. The molecule has 0 bridgehead atoms. The quantitative estimate of drug-likeness (QED) is 0.718. The number of nitrogens with one attached hydrogen (secondary N) is 1. The molecule has 2 amide bonds. The van der Waals surface area contributed by atoms with Gasteiger partial charge in [0.15, 0.2) is 0 Å². The zero-order valence-electron chi connectivity index (χ0n) is 16.0. The summed E-state index contributed by atoms with van der Waals surface area (Å²) in [5.41, 5.74) is 1.88. The van der Waals surface area contributed by atoms with E-state index in [1.165, 1.54) is 0 Å². The maximum Gasteiger partial charge on any atom is 0.317 e. The van der Waals surface area contributed by atoms with Crippen molar-refractivity contribution in [2.24, 2.45) is 0 Å². The van der Waals surface area contributed by atoms with Gasteiger partial charge in [0, 0.05) is 28.8 Å². The number of carbonyl (C=O) groups excluding carboxylic acids is 1. The van der Waals surface area contributed by atoms with Gasteiger partial charge < -0.3 is 19.7 Å². The molecule has 0 aliphatic carbocycles. The van der Waals surface area contributed by atoms with Crippen molar-refractivity contribution in [2.75, 3.05) is 26.2 Å². The number of hydrogen-bond donors (Lipinski definition) is 1. The number of amides is 2. The molecule has 2 saturated heterocycles. The van der Waals surface area contributed by atoms with E-state index in [1.54, 1.807) is 4.90 Å². The van der Waals surface area contributed by atoms with Gasteiger partial charge in [-0.25, -0.2) is 4.79 Å². The van der Waals surface area contributed by atoms with Crippen LogP contribution < -0.4 is 5.32 Å². The molecule has 2 aromatic rings. The van der Waals surface area contributed by atoms with Crippen molar-refractivity contribution in [1.82, 2.24) is 10.2 Å². The molecule has 2 heterocycles. The number of benzene rings is 2. The first kappa shape index (κ1) is 20.5. The number of urea groups is 1. The van der Waals surface area contributed by atoms with Crippen LogP contribution in [0.4, 0.5) is 4.79 Å². The molecule has 154 valence electrons. The second kappa shape index (κ2) is 9.35. The van der Waals surface area contributed by atoms with Crippen LogP contribution in [0.5, 0.6) is 0 Å². The Morgan fingerprint density at radius 2 is 1.93 bits per heavy atom. The van der Waals surface area contributed by atoms with Crippen LogP contribution in [0.3, 0.4) is 0 Å². The van der Waals surface area contributed by atoms with E-state index in [-0.39, 0.29) is 24.3 Å². The number of rotatable bonds is 6. The van der Waals surface area contributed by atoms with Gasteiger partial charge in [0.05, 0.1) is 25.3 Å². The zero-order chi connectivity index (χ0) is 20.2. The minimum Gasteiger partial charge on any atom is -0.376 e. The third kappa shape index (κ3) is 5.04. The molecule has 2 unspecified atom stereocenters. The summed E-state index contributed by atoms with van der Waals surface area (Å²) in [6.07, 6.45) is 1.84. The van der Waals surface area contributed by atoms with Gasteiger partial charge in [-0.1, -0.05) is 53.5 Å². The van der Waals surface area contributed by atoms with Crippen molar-refractivity contribution < 1.29 is 14.3 Å². The molecule has 0 radical (unpaired) electrons. The summed E-state index contributed by atoms with van der Waals surface area (Å²) in [6, 6.07) is 15.2. The van der Waals surface area contributed by atoms with E-state index in [0.717, 1.165) is 30.6 Å². The minimum atomic E-state index is -0.317. The Morgan fingerprint density at radius 1 is 1.17 bits per heavy atom. The van der Waals surface area contributed by atoms with E-state index in [1.807, 2.05) is 48.5 Å². The Morgan fingerprint density at radius 3 is 2.62 bits per heavy atom. The van der Waals surface area contributed by atoms with Gasteiger partial charge in [-0.3, -0.25) is 0 Å². The lowest BCUT2D eigenvalue weighted by molar-refractivity contribution is -0.0647. The minimum absolute atomic E-state index is 0.0552. The van der Waals surface area contributed by atoms with Gasteiger partial charge in [0.2, 0.25) is 0 Å². The van der Waals surface area contributed by atoms with Crippen LogP contribution in [0.2, 0.25) is 10.0 Å². The Labute approximate surface area is 180 Å². The highest BCUT2D eigenvalue weighted by atomic mass is 35.5. The molecule has 4 rings (SSSR count). The first-order valence-electron chi connectivity index (χ1n) is 9.90. The molecule has 2 aromatic carbocycles. The standard InChI is InChI=1S/C22H24Cl2N2O3/c23-16-9-7-15(8-10-16)21(19-5-1-2-6-20(19)24)29-18-13-26(14-18)22(27)25-12-17-4-3-11-28-17/h1-2,5-10,17-18,21H,3-4,11-14H2,(H,25,27). The SMILES string of the molecule is O=C(NCC1CCCO1)N1CC(OC(c2ccc(Cl)cc2)c2ccccc2Cl)C1. The summed E-state index contributed by atoms with van der Waals surface area (Å²) < 4.78 is 11.9. The van der Waals surface area contributed by atoms with E-state index >= 15 is 0 Å². The van der Waals surface area contributed by atoms with E-state index in [0.29, 0.717) is 29.7 Å². The van der Waals surface area contributed by atoms with E-state index in [4.69, 9.17) is 32.7 Å². The van der Waals surface area contributed by atoms with Crippen molar-refractivity contribution in [3.05, 3.63) is 69.7 Å². The number of ether oxygens (including phenoxy) is 2. The molecule has 2 aliphatic rings. The molecule has 7 heteroatoms. The Hall–Kier alpha value is -1.79. The Bertz CT molecular complexity index is 834. The Kier molecular flexibility index (Phi) is 6.60. The summed E-state index contributed by atoms with van der Waals surface area (Å²) >= 11 is 12.5. The molecule has 0 spiro atoms. The molecule has 2 fully saturated rings. The van der Waals surface area contributed by atoms with Crippen molar-refractivity contribution in [3.8, 4) is 0 Å². The van der Waals surface area contributed by atoms with Gasteiger partial charge in [-0.2, -0.15) is 0 Å². The predicted octanol–water partition coefficient (Wildman–Crippen LogP) is 4.67. The third-order valence-corrected chi connectivity index (χ3v) is 5.93. The fourth-order valence-electron chi connectivity index (χ4n) is 3.66. The highest BCUT2D eigenvalue weighted by molar-refractivity contribution is 6.31. The third-order valence-electron chi connectivity index (χ3n) is 5.33. The van der Waals surface area contributed by atoms with Crippen LogP contribution >= 0.6 is 23.2 Å². The van der Waals surface area contributed by atoms with Crippen molar-refractivity contribution in [2.45, 2.75) is 31.2 Å². The summed E-state index contributed by atoms with van der Waals surface area (Å²) in [6.45, 7) is 2.44. The molecule has 2 aliphatic heterocycles. The normalized spacial score (nSPS) is 20.3. The van der Waals surface area contributed by atoms with Crippen LogP contribution in [0.25, 0.3) is 0 Å². The summed E-state index contributed by atoms with van der Waals surface area (Å²) in [5.74, 6) is 0. The first-order valence-corrected chi connectivity index (χ1v) is 10.7. The maximum absolute atomic E-state index is 12.3. The first-order chi connectivity index (χ1) is 14.1. The monoisotopic (exact) mass is 434 g/mol. The van der Waals surface area contributed by atoms with Gasteiger partial charge in [0.1, 0.15) is 6.10 Å². The topological polar surface area (TPSA) is 50.8 Å². The van der Waals surface area contributed by atoms with Crippen LogP contribution in [0.15, 0.2) is 48.5 Å². The lowest BCUT2D eigenvalue weighted by Crippen LogP contribution is -2.58. The molecular formula is C22H24Cl2N2O3. The second-order valence-electron chi connectivity index (χ2n) is 7.44. The number of hydrogen-bond acceptors (Lipinski definition) is 3. The lowest BCUT2D eigenvalue weighted by Gasteiger charge is -2.41. The van der Waals surface area contributed by atoms with E-state index < -0.39 is 0 Å². The average molecular weight is 435 g/mol. The molecule has 29 heavy (non-hydrogen) atoms. The largest absolute Gasteiger partial charge is 0.376 e. The summed E-state index contributed by atoms with van der Waals surface area (Å²) in [5, 5.41) is 4.27. The molecule has 1 N–H and O–H groups in total. The van der Waals surface area contributed by atoms with Crippen molar-refractivity contribution >= 4 is 29.2 Å². The van der Waals surface area contributed by atoms with Crippen LogP contribution in [0.1, 0.15) is 30.1 Å². The van der Waals surface area contributed by atoms with Gasteiger partial charge in [0.25, 0.3) is 0 Å². The second-order valence-corrected chi connectivity index (χ2v) is 8.28. The fraction of sp³-hybridized carbons (Fsp3) is 0.409. The van der Waals surface area contributed by atoms with Crippen molar-refractivity contribution in [1.29, 1.82) is 0 Å². The van der Waals surface area contributed by atoms with E-state index in [9.17, 15) is 4.79 Å².